The summed E-state index contributed by atoms with van der Waals surface area (Å²) in [6, 6.07) is 13.6. The molecule has 0 amide bonds. The zero-order valence-electron chi connectivity index (χ0n) is 30.2. The number of hydrogen-bond acceptors (Lipinski definition) is 7. The van der Waals surface area contributed by atoms with Crippen LogP contribution in [0.1, 0.15) is 106 Å². The van der Waals surface area contributed by atoms with Crippen LogP contribution >= 0.6 is 0 Å². The molecule has 1 heterocycles. The number of aliphatic hydroxyl groups excluding tert-OH is 1. The Labute approximate surface area is 304 Å². The molecule has 6 atom stereocenters. The van der Waals surface area contributed by atoms with Crippen LogP contribution in [0.5, 0.6) is 11.5 Å². The van der Waals surface area contributed by atoms with Gasteiger partial charge in [-0.2, -0.15) is 0 Å². The van der Waals surface area contributed by atoms with Crippen LogP contribution in [0.25, 0.3) is 0 Å². The number of carbonyl (C=O) groups excluding carboxylic acids is 2. The van der Waals surface area contributed by atoms with Crippen molar-refractivity contribution >= 4 is 11.6 Å². The molecular formula is C44H56N2O5. The first-order valence-electron chi connectivity index (χ1n) is 19.3. The number of phenols is 1. The minimum absolute atomic E-state index is 0.0144. The summed E-state index contributed by atoms with van der Waals surface area (Å²) in [5.74, 6) is 8.51. The second-order valence-corrected chi connectivity index (χ2v) is 15.6. The molecule has 1 aliphatic heterocycles. The van der Waals surface area contributed by atoms with Crippen LogP contribution in [-0.2, 0) is 16.0 Å². The molecule has 3 aliphatic carbocycles. The topological polar surface area (TPSA) is 122 Å². The smallest absolute Gasteiger partial charge is 0.160 e. The van der Waals surface area contributed by atoms with Crippen molar-refractivity contribution in [2.24, 2.45) is 41.2 Å². The molecule has 7 nitrogen and oxygen atoms in total. The van der Waals surface area contributed by atoms with Crippen molar-refractivity contribution < 1.29 is 24.5 Å². The van der Waals surface area contributed by atoms with Crippen LogP contribution < -0.4 is 15.8 Å². The van der Waals surface area contributed by atoms with Gasteiger partial charge in [-0.05, 0) is 103 Å². The Kier molecular flexibility index (Phi) is 12.6. The van der Waals surface area contributed by atoms with Crippen LogP contribution in [0.3, 0.4) is 0 Å². The number of nitrogens with one attached hydrogen (secondary N) is 1. The molecule has 6 rings (SSSR count). The van der Waals surface area contributed by atoms with Crippen molar-refractivity contribution in [2.75, 3.05) is 20.3 Å². The Morgan fingerprint density at radius 2 is 1.80 bits per heavy atom. The predicted octanol–water partition coefficient (Wildman–Crippen LogP) is 7.35. The highest BCUT2D eigenvalue weighted by Gasteiger charge is 2.39. The molecule has 0 aromatic heterocycles. The van der Waals surface area contributed by atoms with E-state index in [1.807, 2.05) is 30.3 Å². The summed E-state index contributed by atoms with van der Waals surface area (Å²) in [6.45, 7) is 0.802. The fourth-order valence-corrected chi connectivity index (χ4v) is 9.33. The largest absolute Gasteiger partial charge is 0.504 e. The van der Waals surface area contributed by atoms with Gasteiger partial charge in [-0.25, -0.2) is 0 Å². The third-order valence-corrected chi connectivity index (χ3v) is 12.1. The first kappa shape index (κ1) is 36.8. The fraction of sp³-hybridized carbons (Fsp3) is 0.545. The van der Waals surface area contributed by atoms with Gasteiger partial charge >= 0.3 is 0 Å². The number of phenolic OH excluding ortho intramolecular Hbond substituents is 1. The minimum atomic E-state index is -0.387. The van der Waals surface area contributed by atoms with E-state index in [-0.39, 0.29) is 72.3 Å². The van der Waals surface area contributed by atoms with E-state index < -0.39 is 0 Å². The van der Waals surface area contributed by atoms with Gasteiger partial charge in [0.15, 0.2) is 11.5 Å². The number of aryl methyl sites for hydroxylation is 1. The molecule has 0 spiro atoms. The summed E-state index contributed by atoms with van der Waals surface area (Å²) in [5.41, 5.74) is 10.1. The van der Waals surface area contributed by atoms with Crippen LogP contribution in [0.15, 0.2) is 66.0 Å². The highest BCUT2D eigenvalue weighted by Crippen LogP contribution is 2.44. The quantitative estimate of drug-likeness (QED) is 0.160. The number of benzene rings is 2. The number of methoxy groups -OCH3 is 1. The third kappa shape index (κ3) is 9.46. The molecule has 2 fully saturated rings. The molecule has 0 saturated heterocycles. The van der Waals surface area contributed by atoms with Gasteiger partial charge in [0.2, 0.25) is 0 Å². The molecule has 2 saturated carbocycles. The number of aromatic hydroxyl groups is 1. The molecule has 0 bridgehead atoms. The lowest BCUT2D eigenvalue weighted by molar-refractivity contribution is -0.130. The lowest BCUT2D eigenvalue weighted by atomic mass is 9.74. The number of allylic oxidation sites excluding steroid dienone is 2. The van der Waals surface area contributed by atoms with Gasteiger partial charge in [-0.3, -0.25) is 9.59 Å². The fourth-order valence-electron chi connectivity index (χ4n) is 9.33. The summed E-state index contributed by atoms with van der Waals surface area (Å²) in [5, 5.41) is 25.0. The summed E-state index contributed by atoms with van der Waals surface area (Å²) in [7, 11) is 1.52. The van der Waals surface area contributed by atoms with Gasteiger partial charge in [-0.15, -0.1) is 0 Å². The van der Waals surface area contributed by atoms with Crippen LogP contribution in [0, 0.1) is 47.3 Å². The molecule has 5 N–H and O–H groups in total. The summed E-state index contributed by atoms with van der Waals surface area (Å²) >= 11 is 0. The van der Waals surface area contributed by atoms with Crippen molar-refractivity contribution in [1.82, 2.24) is 5.32 Å². The highest BCUT2D eigenvalue weighted by atomic mass is 16.5. The summed E-state index contributed by atoms with van der Waals surface area (Å²) in [6.07, 6.45) is 16.4. The number of hydrogen-bond donors (Lipinski definition) is 4. The summed E-state index contributed by atoms with van der Waals surface area (Å²) in [4.78, 5) is 27.9. The molecule has 6 unspecified atom stereocenters. The van der Waals surface area contributed by atoms with Gasteiger partial charge in [0.05, 0.1) is 25.3 Å². The lowest BCUT2D eigenvalue weighted by Gasteiger charge is -2.31. The Bertz CT molecular complexity index is 1650. The average molecular weight is 693 g/mol. The van der Waals surface area contributed by atoms with E-state index in [0.29, 0.717) is 31.0 Å². The second kappa shape index (κ2) is 17.5. The molecule has 2 aromatic carbocycles. The number of nitrogens with two attached hydrogens (primary N) is 1. The maximum atomic E-state index is 14.3. The Morgan fingerprint density at radius 1 is 1.00 bits per heavy atom. The third-order valence-electron chi connectivity index (χ3n) is 12.1. The van der Waals surface area contributed by atoms with E-state index in [2.05, 4.69) is 35.4 Å². The molecule has 0 radical (unpaired) electrons. The van der Waals surface area contributed by atoms with Crippen molar-refractivity contribution in [1.29, 1.82) is 0 Å². The monoisotopic (exact) mass is 692 g/mol. The highest BCUT2D eigenvalue weighted by molar-refractivity contribution is 6.00. The molecular weight excluding hydrogens is 636 g/mol. The first-order chi connectivity index (χ1) is 24.8. The standard InChI is InChI=1S/C44H56N2O5/c1-51-43-25-34-14-16-37(48)26-41(49)40-24-36(35(28-47)13-12-29-8-4-2-5-9-29)22-31(20-30-18-19-46-44(45)23-30)21-33(40)15-17-38(39(34)27-42(43)50)32-10-6-3-7-11-32/h3,6-7,10-11,18,23,25,27,29,31,33,35-36,38,40,46-47,50H,2,4-5,8-9,12-14,16,19-22,24,26,28,45H2,1H3. The zero-order chi connectivity index (χ0) is 35.7. The maximum absolute atomic E-state index is 14.3. The van der Waals surface area contributed by atoms with Gasteiger partial charge in [-0.1, -0.05) is 86.8 Å². The average Bonchev–Trinajstić information content (AvgIpc) is 3.31. The molecule has 51 heavy (non-hydrogen) atoms. The van der Waals surface area contributed by atoms with Crippen LogP contribution in [0.2, 0.25) is 0 Å². The van der Waals surface area contributed by atoms with Gasteiger partial charge in [0, 0.05) is 31.4 Å². The molecule has 7 heteroatoms. The Morgan fingerprint density at radius 3 is 2.55 bits per heavy atom. The number of carbonyl (C=O) groups is 2. The maximum Gasteiger partial charge on any atom is 0.160 e. The zero-order valence-corrected chi connectivity index (χ0v) is 30.2. The molecule has 272 valence electrons. The number of Topliss-reactive ketones (excluding diaryl/α,β-unsaturated/α-hetero) is 2. The number of ether oxygens (including phenoxy) is 1. The van der Waals surface area contributed by atoms with Crippen molar-refractivity contribution in [3.05, 3.63) is 82.7 Å². The SMILES string of the molecule is COc1cc2c(cc1O)C(c1ccccc1)C#CC1CC(CC3=CCNC(N)=C3)CC(C(CO)CCC3CCCCC3)CC1C(=O)CC(=O)CC2. The normalized spacial score (nSPS) is 26.7. The first-order valence-corrected chi connectivity index (χ1v) is 19.3. The Balaban J connectivity index is 1.40. The number of rotatable bonds is 9. The predicted molar refractivity (Wildman–Crippen MR) is 201 cm³/mol. The van der Waals surface area contributed by atoms with E-state index >= 15 is 0 Å². The van der Waals surface area contributed by atoms with Gasteiger partial charge in [0.25, 0.3) is 0 Å². The van der Waals surface area contributed by atoms with E-state index in [1.165, 1.54) is 44.8 Å². The van der Waals surface area contributed by atoms with E-state index in [1.54, 1.807) is 6.07 Å². The second-order valence-electron chi connectivity index (χ2n) is 15.6. The number of fused-ring (bicyclic) bond motifs is 2. The molecule has 2 aromatic rings. The van der Waals surface area contributed by atoms with Crippen LogP contribution in [-0.4, -0.2) is 42.0 Å². The van der Waals surface area contributed by atoms with Crippen LogP contribution in [0.4, 0.5) is 0 Å². The minimum Gasteiger partial charge on any atom is -0.504 e. The number of dihydropyridines is 1. The van der Waals surface area contributed by atoms with Gasteiger partial charge in [0.1, 0.15) is 11.6 Å². The number of aliphatic hydroxyl groups is 1. The number of ketones is 2. The lowest BCUT2D eigenvalue weighted by Crippen LogP contribution is -2.29. The van der Waals surface area contributed by atoms with Crippen molar-refractivity contribution in [3.63, 3.8) is 0 Å². The van der Waals surface area contributed by atoms with Crippen molar-refractivity contribution in [3.8, 4) is 23.3 Å². The van der Waals surface area contributed by atoms with E-state index in [4.69, 9.17) is 10.5 Å². The van der Waals surface area contributed by atoms with E-state index in [9.17, 15) is 19.8 Å². The van der Waals surface area contributed by atoms with Gasteiger partial charge < -0.3 is 26.0 Å². The van der Waals surface area contributed by atoms with E-state index in [0.717, 1.165) is 54.7 Å². The molecule has 4 aliphatic rings. The van der Waals surface area contributed by atoms with Crippen molar-refractivity contribution in [2.45, 2.75) is 95.8 Å². The summed E-state index contributed by atoms with van der Waals surface area (Å²) < 4.78 is 5.46. The Hall–Kier alpha value is -4.02.